The number of fused-ring (bicyclic) bond motifs is 1. The number of carbonyl (C=O) groups excluding carboxylic acids is 1. The zero-order valence-electron chi connectivity index (χ0n) is 15.3. The molecule has 0 bridgehead atoms. The number of ether oxygens (including phenoxy) is 2. The Morgan fingerprint density at radius 3 is 2.54 bits per heavy atom. The smallest absolute Gasteiger partial charge is 0.318 e. The second-order valence-electron chi connectivity index (χ2n) is 6.22. The van der Waals surface area contributed by atoms with E-state index in [-0.39, 0.29) is 24.5 Å². The molecule has 1 N–H and O–H groups in total. The number of urea groups is 1. The van der Waals surface area contributed by atoms with Crippen molar-refractivity contribution in [3.05, 3.63) is 59.2 Å². The normalized spacial score (nSPS) is 13.9. The number of benzene rings is 2. The van der Waals surface area contributed by atoms with Gasteiger partial charge in [-0.15, -0.1) is 12.4 Å². The molecule has 0 radical (unpaired) electrons. The van der Waals surface area contributed by atoms with E-state index >= 15 is 0 Å². The van der Waals surface area contributed by atoms with Gasteiger partial charge in [0.1, 0.15) is 11.5 Å². The van der Waals surface area contributed by atoms with Gasteiger partial charge in [-0.05, 0) is 42.7 Å². The zero-order valence-corrected chi connectivity index (χ0v) is 16.1. The van der Waals surface area contributed by atoms with Crippen LogP contribution in [0.25, 0.3) is 0 Å². The molecule has 26 heavy (non-hydrogen) atoms. The first-order chi connectivity index (χ1) is 12.1. The standard InChI is InChI=1S/C20H24N2O3.ClH/c1-14(18-12-17(24-2)8-9-19(18)25-3)21-20(23)22-11-10-15-6-4-5-7-16(15)13-22;/h4-9,12,14H,10-11,13H2,1-3H3,(H,21,23);1H. The minimum Gasteiger partial charge on any atom is -0.497 e. The highest BCUT2D eigenvalue weighted by Gasteiger charge is 2.23. The number of halogens is 1. The average Bonchev–Trinajstić information content (AvgIpc) is 2.66. The Balaban J connectivity index is 0.00000243. The summed E-state index contributed by atoms with van der Waals surface area (Å²) >= 11 is 0. The molecule has 1 aliphatic rings. The quantitative estimate of drug-likeness (QED) is 0.878. The van der Waals surface area contributed by atoms with Crippen molar-refractivity contribution in [2.45, 2.75) is 25.9 Å². The van der Waals surface area contributed by atoms with Gasteiger partial charge in [0.15, 0.2) is 0 Å². The largest absolute Gasteiger partial charge is 0.497 e. The van der Waals surface area contributed by atoms with Crippen molar-refractivity contribution in [3.8, 4) is 11.5 Å². The summed E-state index contributed by atoms with van der Waals surface area (Å²) in [6.45, 7) is 3.32. The van der Waals surface area contributed by atoms with Crippen LogP contribution in [0.1, 0.15) is 29.7 Å². The first-order valence-electron chi connectivity index (χ1n) is 8.46. The predicted molar refractivity (Wildman–Crippen MR) is 104 cm³/mol. The number of hydrogen-bond acceptors (Lipinski definition) is 3. The summed E-state index contributed by atoms with van der Waals surface area (Å²) in [5, 5.41) is 3.07. The first-order valence-corrected chi connectivity index (χ1v) is 8.46. The molecule has 0 fully saturated rings. The lowest BCUT2D eigenvalue weighted by Crippen LogP contribution is -2.43. The Morgan fingerprint density at radius 2 is 1.85 bits per heavy atom. The van der Waals surface area contributed by atoms with Gasteiger partial charge in [0.25, 0.3) is 0 Å². The van der Waals surface area contributed by atoms with Crippen LogP contribution >= 0.6 is 12.4 Å². The molecule has 6 heteroatoms. The van der Waals surface area contributed by atoms with Crippen molar-refractivity contribution in [1.29, 1.82) is 0 Å². The van der Waals surface area contributed by atoms with Crippen molar-refractivity contribution >= 4 is 18.4 Å². The van der Waals surface area contributed by atoms with E-state index in [1.807, 2.05) is 42.2 Å². The molecule has 140 valence electrons. The maximum absolute atomic E-state index is 12.7. The van der Waals surface area contributed by atoms with Crippen LogP contribution in [0.5, 0.6) is 11.5 Å². The Hall–Kier alpha value is -2.40. The Morgan fingerprint density at radius 1 is 1.12 bits per heavy atom. The third-order valence-electron chi connectivity index (χ3n) is 4.66. The van der Waals surface area contributed by atoms with Crippen molar-refractivity contribution in [2.24, 2.45) is 0 Å². The highest BCUT2D eigenvalue weighted by atomic mass is 35.5. The second-order valence-corrected chi connectivity index (χ2v) is 6.22. The van der Waals surface area contributed by atoms with Crippen LogP contribution in [-0.4, -0.2) is 31.7 Å². The average molecular weight is 377 g/mol. The Kier molecular flexibility index (Phi) is 6.75. The minimum atomic E-state index is -0.185. The van der Waals surface area contributed by atoms with Gasteiger partial charge in [-0.1, -0.05) is 24.3 Å². The number of hydrogen-bond donors (Lipinski definition) is 1. The van der Waals surface area contributed by atoms with E-state index in [4.69, 9.17) is 9.47 Å². The van der Waals surface area contributed by atoms with Crippen LogP contribution in [0.3, 0.4) is 0 Å². The van der Waals surface area contributed by atoms with E-state index in [0.717, 1.165) is 30.0 Å². The molecule has 0 aromatic heterocycles. The lowest BCUT2D eigenvalue weighted by Gasteiger charge is -2.30. The van der Waals surface area contributed by atoms with Gasteiger partial charge in [-0.3, -0.25) is 0 Å². The van der Waals surface area contributed by atoms with Crippen molar-refractivity contribution in [1.82, 2.24) is 10.2 Å². The van der Waals surface area contributed by atoms with Crippen LogP contribution in [0.15, 0.2) is 42.5 Å². The summed E-state index contributed by atoms with van der Waals surface area (Å²) in [6, 6.07) is 13.6. The summed E-state index contributed by atoms with van der Waals surface area (Å²) in [5.74, 6) is 1.47. The van der Waals surface area contributed by atoms with Crippen molar-refractivity contribution in [2.75, 3.05) is 20.8 Å². The lowest BCUT2D eigenvalue weighted by atomic mass is 10.0. The predicted octanol–water partition coefficient (Wildman–Crippen LogP) is 3.95. The molecule has 0 spiro atoms. The van der Waals surface area contributed by atoms with Gasteiger partial charge in [0.05, 0.1) is 20.3 Å². The number of carbonyl (C=O) groups is 1. The summed E-state index contributed by atoms with van der Waals surface area (Å²) < 4.78 is 10.7. The van der Waals surface area contributed by atoms with Crippen LogP contribution < -0.4 is 14.8 Å². The van der Waals surface area contributed by atoms with E-state index < -0.39 is 0 Å². The first kappa shape index (κ1) is 19.9. The molecule has 1 unspecified atom stereocenters. The molecular weight excluding hydrogens is 352 g/mol. The third kappa shape index (κ3) is 4.22. The molecule has 1 heterocycles. The number of nitrogens with zero attached hydrogens (tertiary/aromatic N) is 1. The van der Waals surface area contributed by atoms with Crippen LogP contribution in [-0.2, 0) is 13.0 Å². The fourth-order valence-electron chi connectivity index (χ4n) is 3.20. The maximum Gasteiger partial charge on any atom is 0.318 e. The molecule has 1 atom stereocenters. The number of rotatable bonds is 4. The van der Waals surface area contributed by atoms with Gasteiger partial charge < -0.3 is 19.7 Å². The van der Waals surface area contributed by atoms with E-state index in [0.29, 0.717) is 6.54 Å². The van der Waals surface area contributed by atoms with Crippen molar-refractivity contribution < 1.29 is 14.3 Å². The fourth-order valence-corrected chi connectivity index (χ4v) is 3.20. The van der Waals surface area contributed by atoms with Gasteiger partial charge in [0.2, 0.25) is 0 Å². The van der Waals surface area contributed by atoms with E-state index in [9.17, 15) is 4.79 Å². The summed E-state index contributed by atoms with van der Waals surface area (Å²) in [4.78, 5) is 14.5. The molecule has 2 aromatic carbocycles. The number of methoxy groups -OCH3 is 2. The molecule has 1 aliphatic heterocycles. The summed E-state index contributed by atoms with van der Waals surface area (Å²) in [5.41, 5.74) is 3.44. The highest BCUT2D eigenvalue weighted by Crippen LogP contribution is 2.29. The molecule has 3 rings (SSSR count). The zero-order chi connectivity index (χ0) is 17.8. The summed E-state index contributed by atoms with van der Waals surface area (Å²) in [7, 11) is 3.25. The SMILES string of the molecule is COc1ccc(OC)c(C(C)NC(=O)N2CCc3ccccc3C2)c1.Cl. The molecule has 0 saturated heterocycles. The molecule has 2 amide bonds. The molecular formula is C20H25ClN2O3. The molecule has 5 nitrogen and oxygen atoms in total. The maximum atomic E-state index is 12.7. The van der Waals surface area contributed by atoms with E-state index in [2.05, 4.69) is 17.4 Å². The van der Waals surface area contributed by atoms with Gasteiger partial charge in [-0.2, -0.15) is 0 Å². The van der Waals surface area contributed by atoms with E-state index in [1.165, 1.54) is 11.1 Å². The number of nitrogens with one attached hydrogen (secondary N) is 1. The monoisotopic (exact) mass is 376 g/mol. The Labute approximate surface area is 160 Å². The minimum absolute atomic E-state index is 0. The van der Waals surface area contributed by atoms with E-state index in [1.54, 1.807) is 14.2 Å². The molecule has 2 aromatic rings. The Bertz CT molecular complexity index is 766. The van der Waals surface area contributed by atoms with Gasteiger partial charge >= 0.3 is 6.03 Å². The lowest BCUT2D eigenvalue weighted by molar-refractivity contribution is 0.189. The third-order valence-corrected chi connectivity index (χ3v) is 4.66. The van der Waals surface area contributed by atoms with Crippen molar-refractivity contribution in [3.63, 3.8) is 0 Å². The molecule has 0 saturated carbocycles. The summed E-state index contributed by atoms with van der Waals surface area (Å²) in [6.07, 6.45) is 0.889. The van der Waals surface area contributed by atoms with Gasteiger partial charge in [0, 0.05) is 18.7 Å². The highest BCUT2D eigenvalue weighted by molar-refractivity contribution is 5.85. The van der Waals surface area contributed by atoms with Gasteiger partial charge in [-0.25, -0.2) is 4.79 Å². The number of amides is 2. The van der Waals surface area contributed by atoms with Crippen LogP contribution in [0.4, 0.5) is 4.79 Å². The van der Waals surface area contributed by atoms with Crippen LogP contribution in [0, 0.1) is 0 Å². The van der Waals surface area contributed by atoms with Crippen LogP contribution in [0.2, 0.25) is 0 Å². The topological polar surface area (TPSA) is 50.8 Å². The fraction of sp³-hybridized carbons (Fsp3) is 0.350. The molecule has 0 aliphatic carbocycles. The second kappa shape index (κ2) is 8.81.